The molecule has 4 nitrogen and oxygen atoms in total. The average molecular weight is 262 g/mol. The maximum Gasteiger partial charge on any atom is 0.330 e. The number of benzene rings is 1. The van der Waals surface area contributed by atoms with Gasteiger partial charge in [-0.1, -0.05) is 6.08 Å². The molecule has 0 unspecified atom stereocenters. The van der Waals surface area contributed by atoms with Gasteiger partial charge in [-0.15, -0.1) is 0 Å². The second kappa shape index (κ2) is 8.08. The summed E-state index contributed by atoms with van der Waals surface area (Å²) in [6, 6.07) is 7.05. The minimum Gasteiger partial charge on any atom is -0.497 e. The van der Waals surface area contributed by atoms with Crippen LogP contribution < -0.4 is 4.74 Å². The molecule has 19 heavy (non-hydrogen) atoms. The lowest BCUT2D eigenvalue weighted by atomic mass is 10.1. The highest BCUT2D eigenvalue weighted by Gasteiger charge is 2.05. The lowest BCUT2D eigenvalue weighted by Gasteiger charge is -2.02. The van der Waals surface area contributed by atoms with E-state index in [4.69, 9.17) is 4.74 Å². The summed E-state index contributed by atoms with van der Waals surface area (Å²) in [7, 11) is 2.92. The van der Waals surface area contributed by atoms with Crippen LogP contribution in [0.2, 0.25) is 0 Å². The Hall–Kier alpha value is -2.10. The van der Waals surface area contributed by atoms with Crippen LogP contribution in [-0.4, -0.2) is 26.0 Å². The monoisotopic (exact) mass is 262 g/mol. The van der Waals surface area contributed by atoms with Crippen molar-refractivity contribution in [1.82, 2.24) is 0 Å². The zero-order valence-electron chi connectivity index (χ0n) is 11.2. The largest absolute Gasteiger partial charge is 0.497 e. The molecule has 0 saturated carbocycles. The fourth-order valence-corrected chi connectivity index (χ4v) is 1.55. The standard InChI is InChI=1S/C15H18O4/c1-18-13-10-8-12(9-11-13)14(16)6-4-3-5-7-15(17)19-2/h5,7-11H,3-4,6H2,1-2H3/b7-5+. The van der Waals surface area contributed by atoms with Crippen molar-refractivity contribution < 1.29 is 19.1 Å². The number of hydrogen-bond donors (Lipinski definition) is 0. The van der Waals surface area contributed by atoms with Gasteiger partial charge in [0.25, 0.3) is 0 Å². The molecule has 1 rings (SSSR count). The van der Waals surface area contributed by atoms with Crippen LogP contribution in [0.1, 0.15) is 29.6 Å². The average Bonchev–Trinajstić information content (AvgIpc) is 2.46. The zero-order chi connectivity index (χ0) is 14.1. The minimum absolute atomic E-state index is 0.0918. The fourth-order valence-electron chi connectivity index (χ4n) is 1.55. The van der Waals surface area contributed by atoms with Crippen molar-refractivity contribution in [2.45, 2.75) is 19.3 Å². The van der Waals surface area contributed by atoms with Gasteiger partial charge in [-0.05, 0) is 37.1 Å². The predicted octanol–water partition coefficient (Wildman–Crippen LogP) is 2.78. The molecule has 1 aromatic carbocycles. The van der Waals surface area contributed by atoms with E-state index in [-0.39, 0.29) is 11.8 Å². The van der Waals surface area contributed by atoms with Crippen LogP contribution in [0, 0.1) is 0 Å². The van der Waals surface area contributed by atoms with Crippen molar-refractivity contribution in [3.05, 3.63) is 42.0 Å². The Balaban J connectivity index is 2.34. The molecule has 0 radical (unpaired) electrons. The molecule has 0 amide bonds. The van der Waals surface area contributed by atoms with Gasteiger partial charge in [0.05, 0.1) is 14.2 Å². The first-order valence-corrected chi connectivity index (χ1v) is 6.09. The van der Waals surface area contributed by atoms with Crippen molar-refractivity contribution in [3.8, 4) is 5.75 Å². The first kappa shape index (κ1) is 15.0. The minimum atomic E-state index is -0.374. The molecule has 102 valence electrons. The topological polar surface area (TPSA) is 52.6 Å². The smallest absolute Gasteiger partial charge is 0.330 e. The Bertz CT molecular complexity index is 446. The summed E-state index contributed by atoms with van der Waals surface area (Å²) in [6.07, 6.45) is 4.93. The van der Waals surface area contributed by atoms with Gasteiger partial charge >= 0.3 is 5.97 Å². The molecule has 0 fully saturated rings. The van der Waals surface area contributed by atoms with E-state index in [0.29, 0.717) is 24.8 Å². The maximum absolute atomic E-state index is 11.8. The number of carbonyl (C=O) groups is 2. The first-order valence-electron chi connectivity index (χ1n) is 6.09. The van der Waals surface area contributed by atoms with Crippen molar-refractivity contribution in [3.63, 3.8) is 0 Å². The molecule has 0 aliphatic carbocycles. The summed E-state index contributed by atoms with van der Waals surface area (Å²) in [6.45, 7) is 0. The van der Waals surface area contributed by atoms with Gasteiger partial charge in [-0.2, -0.15) is 0 Å². The number of ether oxygens (including phenoxy) is 2. The molecule has 0 N–H and O–H groups in total. The third-order valence-electron chi connectivity index (χ3n) is 2.64. The van der Waals surface area contributed by atoms with Crippen LogP contribution in [0.15, 0.2) is 36.4 Å². The summed E-state index contributed by atoms with van der Waals surface area (Å²) < 4.78 is 9.50. The summed E-state index contributed by atoms with van der Waals surface area (Å²) in [4.78, 5) is 22.6. The number of methoxy groups -OCH3 is 2. The first-order chi connectivity index (χ1) is 9.17. The third-order valence-corrected chi connectivity index (χ3v) is 2.64. The van der Waals surface area contributed by atoms with Crippen molar-refractivity contribution in [2.24, 2.45) is 0 Å². The van der Waals surface area contributed by atoms with E-state index >= 15 is 0 Å². The highest BCUT2D eigenvalue weighted by atomic mass is 16.5. The number of ketones is 1. The van der Waals surface area contributed by atoms with E-state index < -0.39 is 0 Å². The number of hydrogen-bond acceptors (Lipinski definition) is 4. The second-order valence-corrected chi connectivity index (χ2v) is 3.97. The van der Waals surface area contributed by atoms with Gasteiger partial charge < -0.3 is 9.47 Å². The number of allylic oxidation sites excluding steroid dienone is 1. The highest BCUT2D eigenvalue weighted by molar-refractivity contribution is 5.96. The van der Waals surface area contributed by atoms with Crippen LogP contribution in [0.25, 0.3) is 0 Å². The number of unbranched alkanes of at least 4 members (excludes halogenated alkanes) is 1. The van der Waals surface area contributed by atoms with Crippen molar-refractivity contribution in [2.75, 3.05) is 14.2 Å². The second-order valence-electron chi connectivity index (χ2n) is 3.97. The highest BCUT2D eigenvalue weighted by Crippen LogP contribution is 2.13. The molecular weight excluding hydrogens is 244 g/mol. The van der Waals surface area contributed by atoms with E-state index in [1.807, 2.05) is 0 Å². The number of Topliss-reactive ketones (excluding diaryl/α,β-unsaturated/α-hetero) is 1. The molecule has 0 spiro atoms. The van der Waals surface area contributed by atoms with Gasteiger partial charge in [0, 0.05) is 18.1 Å². The lowest BCUT2D eigenvalue weighted by Crippen LogP contribution is -1.98. The molecule has 0 atom stereocenters. The van der Waals surface area contributed by atoms with Crippen LogP contribution in [0.3, 0.4) is 0 Å². The van der Waals surface area contributed by atoms with Crippen LogP contribution in [0.4, 0.5) is 0 Å². The van der Waals surface area contributed by atoms with E-state index in [2.05, 4.69) is 4.74 Å². The summed E-state index contributed by atoms with van der Waals surface area (Å²) in [5.74, 6) is 0.452. The molecule has 1 aromatic rings. The molecule has 0 aliphatic heterocycles. The lowest BCUT2D eigenvalue weighted by molar-refractivity contribution is -0.134. The Morgan fingerprint density at radius 2 is 1.84 bits per heavy atom. The summed E-state index contributed by atoms with van der Waals surface area (Å²) in [5.41, 5.74) is 0.678. The Morgan fingerprint density at radius 1 is 1.16 bits per heavy atom. The van der Waals surface area contributed by atoms with Gasteiger partial charge in [0.2, 0.25) is 0 Å². The van der Waals surface area contributed by atoms with E-state index in [1.165, 1.54) is 13.2 Å². The number of carbonyl (C=O) groups excluding carboxylic acids is 2. The van der Waals surface area contributed by atoms with Gasteiger partial charge in [-0.3, -0.25) is 4.79 Å². The molecule has 0 heterocycles. The number of esters is 1. The Morgan fingerprint density at radius 3 is 2.42 bits per heavy atom. The van der Waals surface area contributed by atoms with Gasteiger partial charge in [-0.25, -0.2) is 4.79 Å². The van der Waals surface area contributed by atoms with Gasteiger partial charge in [0.15, 0.2) is 5.78 Å². The summed E-state index contributed by atoms with van der Waals surface area (Å²) in [5, 5.41) is 0. The predicted molar refractivity (Wildman–Crippen MR) is 72.3 cm³/mol. The maximum atomic E-state index is 11.8. The zero-order valence-corrected chi connectivity index (χ0v) is 11.2. The number of rotatable bonds is 7. The SMILES string of the molecule is COC(=O)/C=C/CCCC(=O)c1ccc(OC)cc1. The molecule has 0 bridgehead atoms. The molecule has 0 aromatic heterocycles. The molecule has 0 saturated heterocycles. The third kappa shape index (κ3) is 5.38. The normalized spacial score (nSPS) is 10.4. The van der Waals surface area contributed by atoms with Crippen LogP contribution in [-0.2, 0) is 9.53 Å². The Kier molecular flexibility index (Phi) is 6.36. The van der Waals surface area contributed by atoms with E-state index in [1.54, 1.807) is 37.5 Å². The van der Waals surface area contributed by atoms with Crippen molar-refractivity contribution in [1.29, 1.82) is 0 Å². The quantitative estimate of drug-likeness (QED) is 0.328. The molecule has 4 heteroatoms. The molecule has 0 aliphatic rings. The van der Waals surface area contributed by atoms with Crippen LogP contribution in [0.5, 0.6) is 5.75 Å². The molecular formula is C15H18O4. The van der Waals surface area contributed by atoms with Crippen molar-refractivity contribution >= 4 is 11.8 Å². The summed E-state index contributed by atoms with van der Waals surface area (Å²) >= 11 is 0. The fraction of sp³-hybridized carbons (Fsp3) is 0.333. The van der Waals surface area contributed by atoms with E-state index in [9.17, 15) is 9.59 Å². The Labute approximate surface area is 113 Å². The van der Waals surface area contributed by atoms with Gasteiger partial charge in [0.1, 0.15) is 5.75 Å². The van der Waals surface area contributed by atoms with Crippen LogP contribution >= 0.6 is 0 Å². The van der Waals surface area contributed by atoms with E-state index in [0.717, 1.165) is 5.75 Å².